The molecule has 1 heterocycles. The summed E-state index contributed by atoms with van der Waals surface area (Å²) in [6, 6.07) is 0.321. The summed E-state index contributed by atoms with van der Waals surface area (Å²) in [5.74, 6) is -0.220. The van der Waals surface area contributed by atoms with E-state index in [0.29, 0.717) is 38.7 Å². The molecule has 1 fully saturated rings. The van der Waals surface area contributed by atoms with Crippen LogP contribution >= 0.6 is 0 Å². The molecule has 1 aliphatic rings. The second-order valence-corrected chi connectivity index (χ2v) is 4.65. The molecular weight excluding hydrogens is 234 g/mol. The van der Waals surface area contributed by atoms with Crippen LogP contribution in [0.25, 0.3) is 10.4 Å². The molecule has 1 rings (SSSR count). The number of likely N-dealkylation sites (tertiary alicyclic amines) is 1. The Morgan fingerprint density at radius 1 is 1.72 bits per heavy atom. The minimum absolute atomic E-state index is 0.220. The zero-order valence-corrected chi connectivity index (χ0v) is 11.2. The minimum Gasteiger partial charge on any atom is -0.465 e. The fourth-order valence-electron chi connectivity index (χ4n) is 2.31. The number of nitrogens with zero attached hydrogens (tertiary/aromatic N) is 4. The first-order valence-electron chi connectivity index (χ1n) is 6.19. The van der Waals surface area contributed by atoms with Crippen LogP contribution in [0.2, 0.25) is 0 Å². The molecule has 7 heteroatoms. The number of carbonyl (C=O) groups is 1. The van der Waals surface area contributed by atoms with Crippen LogP contribution in [0.5, 0.6) is 0 Å². The molecule has 2 atom stereocenters. The van der Waals surface area contributed by atoms with E-state index in [0.717, 1.165) is 0 Å². The molecule has 2 unspecified atom stereocenters. The summed E-state index contributed by atoms with van der Waals surface area (Å²) in [6.45, 7) is 5.67. The molecule has 0 bridgehead atoms. The Kier molecular flexibility index (Phi) is 5.40. The number of esters is 1. The van der Waals surface area contributed by atoms with Crippen molar-refractivity contribution in [2.75, 3.05) is 33.3 Å². The van der Waals surface area contributed by atoms with Gasteiger partial charge in [-0.2, -0.15) is 0 Å². The predicted molar refractivity (Wildman–Crippen MR) is 68.1 cm³/mol. The van der Waals surface area contributed by atoms with Gasteiger partial charge in [0, 0.05) is 30.6 Å². The SMILES string of the molecule is CCOC(=O)C1(NCCN=[N+]=[N-])CC(C)N(C)C1. The van der Waals surface area contributed by atoms with Gasteiger partial charge >= 0.3 is 5.97 Å². The van der Waals surface area contributed by atoms with Crippen LogP contribution < -0.4 is 5.32 Å². The molecule has 0 amide bonds. The second kappa shape index (κ2) is 6.58. The Morgan fingerprint density at radius 3 is 2.94 bits per heavy atom. The molecule has 7 nitrogen and oxygen atoms in total. The van der Waals surface area contributed by atoms with Crippen molar-refractivity contribution in [2.45, 2.75) is 31.8 Å². The third-order valence-corrected chi connectivity index (χ3v) is 3.32. The van der Waals surface area contributed by atoms with Gasteiger partial charge in [-0.05, 0) is 32.8 Å². The number of hydrogen-bond acceptors (Lipinski definition) is 5. The largest absolute Gasteiger partial charge is 0.465 e. The summed E-state index contributed by atoms with van der Waals surface area (Å²) in [4.78, 5) is 16.9. The fourth-order valence-corrected chi connectivity index (χ4v) is 2.31. The first-order valence-corrected chi connectivity index (χ1v) is 6.19. The number of nitrogens with one attached hydrogen (secondary N) is 1. The van der Waals surface area contributed by atoms with Gasteiger partial charge in [0.1, 0.15) is 5.54 Å². The van der Waals surface area contributed by atoms with Crippen LogP contribution in [0.4, 0.5) is 0 Å². The summed E-state index contributed by atoms with van der Waals surface area (Å²) in [6.07, 6.45) is 0.707. The number of rotatable bonds is 6. The summed E-state index contributed by atoms with van der Waals surface area (Å²) >= 11 is 0. The van der Waals surface area contributed by atoms with Crippen LogP contribution in [0, 0.1) is 0 Å². The highest BCUT2D eigenvalue weighted by molar-refractivity contribution is 5.82. The summed E-state index contributed by atoms with van der Waals surface area (Å²) in [5, 5.41) is 6.65. The Balaban J connectivity index is 2.69. The average molecular weight is 255 g/mol. The summed E-state index contributed by atoms with van der Waals surface area (Å²) in [5.41, 5.74) is 7.56. The fraction of sp³-hybridized carbons (Fsp3) is 0.909. The molecule has 18 heavy (non-hydrogen) atoms. The van der Waals surface area contributed by atoms with Gasteiger partial charge < -0.3 is 15.0 Å². The lowest BCUT2D eigenvalue weighted by molar-refractivity contribution is -0.150. The highest BCUT2D eigenvalue weighted by Crippen LogP contribution is 2.27. The lowest BCUT2D eigenvalue weighted by Gasteiger charge is -2.27. The number of likely N-dealkylation sites (N-methyl/N-ethyl adjacent to an activating group) is 1. The first kappa shape index (κ1) is 14.8. The van der Waals surface area contributed by atoms with Gasteiger partial charge in [0.25, 0.3) is 0 Å². The highest BCUT2D eigenvalue weighted by Gasteiger charge is 2.47. The monoisotopic (exact) mass is 255 g/mol. The number of hydrogen-bond donors (Lipinski definition) is 1. The van der Waals surface area contributed by atoms with Crippen molar-refractivity contribution >= 4 is 5.97 Å². The zero-order chi connectivity index (χ0) is 13.6. The van der Waals surface area contributed by atoms with Gasteiger partial charge in [-0.25, -0.2) is 4.79 Å². The lowest BCUT2D eigenvalue weighted by Crippen LogP contribution is -2.55. The van der Waals surface area contributed by atoms with Crippen LogP contribution in [-0.2, 0) is 9.53 Å². The number of azide groups is 1. The normalized spacial score (nSPS) is 27.8. The van der Waals surface area contributed by atoms with Crippen LogP contribution in [0.1, 0.15) is 20.3 Å². The van der Waals surface area contributed by atoms with Gasteiger partial charge in [-0.1, -0.05) is 5.11 Å². The third-order valence-electron chi connectivity index (χ3n) is 3.32. The molecule has 1 N–H and O–H groups in total. The van der Waals surface area contributed by atoms with Crippen molar-refractivity contribution in [2.24, 2.45) is 5.11 Å². The lowest BCUT2D eigenvalue weighted by atomic mass is 9.96. The van der Waals surface area contributed by atoms with E-state index in [1.54, 1.807) is 6.92 Å². The highest BCUT2D eigenvalue weighted by atomic mass is 16.5. The molecule has 102 valence electrons. The smallest absolute Gasteiger partial charge is 0.327 e. The van der Waals surface area contributed by atoms with E-state index in [4.69, 9.17) is 10.3 Å². The van der Waals surface area contributed by atoms with E-state index in [1.165, 1.54) is 0 Å². The maximum Gasteiger partial charge on any atom is 0.327 e. The Hall–Kier alpha value is -1.30. The molecule has 0 spiro atoms. The summed E-state index contributed by atoms with van der Waals surface area (Å²) in [7, 11) is 1.99. The van der Waals surface area contributed by atoms with E-state index >= 15 is 0 Å². The van der Waals surface area contributed by atoms with E-state index in [9.17, 15) is 4.79 Å². The standard InChI is InChI=1S/C11H21N5O2/c1-4-18-10(17)11(13-5-6-14-15-12)7-9(2)16(3)8-11/h9,13H,4-8H2,1-3H3. The molecular formula is C11H21N5O2. The maximum atomic E-state index is 12.1. The van der Waals surface area contributed by atoms with Crippen molar-refractivity contribution in [1.82, 2.24) is 10.2 Å². The van der Waals surface area contributed by atoms with Gasteiger partial charge in [0.2, 0.25) is 0 Å². The topological polar surface area (TPSA) is 90.3 Å². The van der Waals surface area contributed by atoms with Gasteiger partial charge in [-0.15, -0.1) is 0 Å². The zero-order valence-electron chi connectivity index (χ0n) is 11.2. The molecule has 1 aliphatic heterocycles. The third kappa shape index (κ3) is 3.35. The number of carbonyl (C=O) groups excluding carboxylic acids is 1. The van der Waals surface area contributed by atoms with E-state index < -0.39 is 5.54 Å². The van der Waals surface area contributed by atoms with Crippen molar-refractivity contribution in [3.8, 4) is 0 Å². The molecule has 0 radical (unpaired) electrons. The van der Waals surface area contributed by atoms with E-state index in [-0.39, 0.29) is 5.97 Å². The van der Waals surface area contributed by atoms with E-state index in [1.807, 2.05) is 7.05 Å². The Bertz CT molecular complexity index is 330. The number of ether oxygens (including phenoxy) is 1. The van der Waals surface area contributed by atoms with Crippen LogP contribution in [0.15, 0.2) is 5.11 Å². The molecule has 1 saturated heterocycles. The minimum atomic E-state index is -0.671. The Labute approximate surface area is 107 Å². The van der Waals surface area contributed by atoms with Crippen LogP contribution in [-0.4, -0.2) is 55.7 Å². The maximum absolute atomic E-state index is 12.1. The molecule has 0 aromatic carbocycles. The van der Waals surface area contributed by atoms with E-state index in [2.05, 4.69) is 27.2 Å². The molecule has 0 aliphatic carbocycles. The predicted octanol–water partition coefficient (Wildman–Crippen LogP) is 0.912. The van der Waals surface area contributed by atoms with Gasteiger partial charge in [0.05, 0.1) is 6.61 Å². The van der Waals surface area contributed by atoms with Gasteiger partial charge in [0.15, 0.2) is 0 Å². The first-order chi connectivity index (χ1) is 8.55. The van der Waals surface area contributed by atoms with Crippen molar-refractivity contribution in [3.63, 3.8) is 0 Å². The Morgan fingerprint density at radius 2 is 2.44 bits per heavy atom. The molecule has 0 saturated carbocycles. The summed E-state index contributed by atoms with van der Waals surface area (Å²) < 4.78 is 5.15. The van der Waals surface area contributed by atoms with Crippen molar-refractivity contribution < 1.29 is 9.53 Å². The molecule has 0 aromatic heterocycles. The van der Waals surface area contributed by atoms with Crippen LogP contribution in [0.3, 0.4) is 0 Å². The quantitative estimate of drug-likeness (QED) is 0.251. The molecule has 0 aromatic rings. The van der Waals surface area contributed by atoms with Gasteiger partial charge in [-0.3, -0.25) is 0 Å². The van der Waals surface area contributed by atoms with Crippen molar-refractivity contribution in [3.05, 3.63) is 10.4 Å². The average Bonchev–Trinajstić information content (AvgIpc) is 2.62. The second-order valence-electron chi connectivity index (χ2n) is 4.65. The van der Waals surface area contributed by atoms with Crippen molar-refractivity contribution in [1.29, 1.82) is 0 Å².